The minimum atomic E-state index is -2.85. The molecule has 0 spiro atoms. The van der Waals surface area contributed by atoms with Gasteiger partial charge >= 0.3 is 12.6 Å². The number of hydrogen-bond donors (Lipinski definition) is 2. The van der Waals surface area contributed by atoms with Crippen LogP contribution in [0.4, 0.5) is 25.0 Å². The molecule has 1 aliphatic rings. The van der Waals surface area contributed by atoms with Crippen LogP contribution in [0.15, 0.2) is 42.5 Å². The van der Waals surface area contributed by atoms with Gasteiger partial charge in [0.2, 0.25) is 0 Å². The number of carbonyl (C=O) groups excluding carboxylic acids is 1. The lowest BCUT2D eigenvalue weighted by atomic mass is 10.1. The number of nitrogens with zero attached hydrogens (tertiary/aromatic N) is 2. The normalized spacial score (nSPS) is 14.6. The highest BCUT2D eigenvalue weighted by Crippen LogP contribution is 2.24. The van der Waals surface area contributed by atoms with Gasteiger partial charge in [0.05, 0.1) is 0 Å². The number of hydrogen-bond acceptors (Lipinski definition) is 4. The predicted octanol–water partition coefficient (Wildman–Crippen LogP) is 4.06. The van der Waals surface area contributed by atoms with Crippen molar-refractivity contribution < 1.29 is 18.3 Å². The van der Waals surface area contributed by atoms with Crippen molar-refractivity contribution in [2.24, 2.45) is 0 Å². The first kappa shape index (κ1) is 21.8. The van der Waals surface area contributed by atoms with Gasteiger partial charge in [-0.3, -0.25) is 0 Å². The van der Waals surface area contributed by atoms with Crippen LogP contribution < -0.4 is 20.3 Å². The number of carbonyl (C=O) groups is 1. The SMILES string of the molecule is CCN1CCN(c2ccc(NC(=O)NCc3ccc(OC(F)F)cc3)cc2C)CC1. The lowest BCUT2D eigenvalue weighted by Crippen LogP contribution is -2.46. The van der Waals surface area contributed by atoms with E-state index in [0.717, 1.165) is 49.5 Å². The van der Waals surface area contributed by atoms with Crippen LogP contribution >= 0.6 is 0 Å². The summed E-state index contributed by atoms with van der Waals surface area (Å²) in [5.74, 6) is 0.0878. The first-order valence-corrected chi connectivity index (χ1v) is 10.1. The van der Waals surface area contributed by atoms with Crippen LogP contribution in [0.3, 0.4) is 0 Å². The van der Waals surface area contributed by atoms with Crippen molar-refractivity contribution in [1.82, 2.24) is 10.2 Å². The van der Waals surface area contributed by atoms with E-state index in [2.05, 4.69) is 32.1 Å². The summed E-state index contributed by atoms with van der Waals surface area (Å²) in [6, 6.07) is 11.8. The molecule has 0 unspecified atom stereocenters. The van der Waals surface area contributed by atoms with E-state index in [0.29, 0.717) is 0 Å². The molecular formula is C22H28F2N4O2. The van der Waals surface area contributed by atoms with Crippen LogP contribution in [-0.2, 0) is 6.54 Å². The molecule has 0 aliphatic carbocycles. The van der Waals surface area contributed by atoms with Crippen molar-refractivity contribution in [1.29, 1.82) is 0 Å². The summed E-state index contributed by atoms with van der Waals surface area (Å²) in [5, 5.41) is 5.60. The van der Waals surface area contributed by atoms with E-state index in [1.165, 1.54) is 17.8 Å². The summed E-state index contributed by atoms with van der Waals surface area (Å²) in [7, 11) is 0. The highest BCUT2D eigenvalue weighted by atomic mass is 19.3. The molecule has 162 valence electrons. The summed E-state index contributed by atoms with van der Waals surface area (Å²) >= 11 is 0. The number of ether oxygens (including phenoxy) is 1. The number of amides is 2. The summed E-state index contributed by atoms with van der Waals surface area (Å²) in [4.78, 5) is 17.0. The van der Waals surface area contributed by atoms with Gasteiger partial charge in [0.15, 0.2) is 0 Å². The highest BCUT2D eigenvalue weighted by Gasteiger charge is 2.17. The maximum Gasteiger partial charge on any atom is 0.387 e. The monoisotopic (exact) mass is 418 g/mol. The second-order valence-electron chi connectivity index (χ2n) is 7.25. The van der Waals surface area contributed by atoms with Crippen LogP contribution in [0.1, 0.15) is 18.1 Å². The Hall–Kier alpha value is -2.87. The lowest BCUT2D eigenvalue weighted by molar-refractivity contribution is -0.0498. The van der Waals surface area contributed by atoms with Gasteiger partial charge in [-0.15, -0.1) is 0 Å². The molecule has 0 atom stereocenters. The number of piperazine rings is 1. The van der Waals surface area contributed by atoms with Gasteiger partial charge < -0.3 is 25.2 Å². The second-order valence-corrected chi connectivity index (χ2v) is 7.25. The predicted molar refractivity (Wildman–Crippen MR) is 114 cm³/mol. The fourth-order valence-electron chi connectivity index (χ4n) is 3.54. The third-order valence-corrected chi connectivity index (χ3v) is 5.22. The summed E-state index contributed by atoms with van der Waals surface area (Å²) in [6.07, 6.45) is 0. The van der Waals surface area contributed by atoms with Gasteiger partial charge in [-0.05, 0) is 54.9 Å². The Bertz CT molecular complexity index is 838. The molecule has 0 aromatic heterocycles. The molecule has 3 rings (SSSR count). The van der Waals surface area contributed by atoms with Crippen molar-refractivity contribution in [3.63, 3.8) is 0 Å². The minimum Gasteiger partial charge on any atom is -0.435 e. The number of benzene rings is 2. The second kappa shape index (κ2) is 10.2. The number of likely N-dealkylation sites (N-methyl/N-ethyl adjacent to an activating group) is 1. The molecule has 1 aliphatic heterocycles. The van der Waals surface area contributed by atoms with Gasteiger partial charge in [0.25, 0.3) is 0 Å². The number of halogens is 2. The molecule has 1 fully saturated rings. The van der Waals surface area contributed by atoms with Crippen LogP contribution in [-0.4, -0.2) is 50.3 Å². The number of aryl methyl sites for hydroxylation is 1. The molecule has 0 radical (unpaired) electrons. The molecule has 0 saturated carbocycles. The van der Waals surface area contributed by atoms with Crippen molar-refractivity contribution in [3.8, 4) is 5.75 Å². The number of anilines is 2. The topological polar surface area (TPSA) is 56.8 Å². The van der Waals surface area contributed by atoms with Crippen molar-refractivity contribution in [2.45, 2.75) is 27.0 Å². The van der Waals surface area contributed by atoms with Crippen LogP contribution in [0.2, 0.25) is 0 Å². The smallest absolute Gasteiger partial charge is 0.387 e. The average molecular weight is 418 g/mol. The van der Waals surface area contributed by atoms with E-state index in [-0.39, 0.29) is 18.3 Å². The van der Waals surface area contributed by atoms with Gasteiger partial charge in [0, 0.05) is 44.1 Å². The first-order valence-electron chi connectivity index (χ1n) is 10.1. The Morgan fingerprint density at radius 2 is 1.80 bits per heavy atom. The van der Waals surface area contributed by atoms with E-state index < -0.39 is 6.61 Å². The van der Waals surface area contributed by atoms with Gasteiger partial charge in [-0.25, -0.2) is 4.79 Å². The molecule has 2 N–H and O–H groups in total. The Morgan fingerprint density at radius 1 is 1.10 bits per heavy atom. The molecule has 30 heavy (non-hydrogen) atoms. The van der Waals surface area contributed by atoms with E-state index in [4.69, 9.17) is 0 Å². The minimum absolute atomic E-state index is 0.0878. The zero-order valence-electron chi connectivity index (χ0n) is 17.3. The molecule has 1 saturated heterocycles. The Balaban J connectivity index is 1.50. The summed E-state index contributed by atoms with van der Waals surface area (Å²) in [5.41, 5.74) is 3.82. The van der Waals surface area contributed by atoms with E-state index in [1.807, 2.05) is 25.1 Å². The number of alkyl halides is 2. The third kappa shape index (κ3) is 6.06. The maximum atomic E-state index is 12.2. The van der Waals surface area contributed by atoms with Gasteiger partial charge in [-0.2, -0.15) is 8.78 Å². The largest absolute Gasteiger partial charge is 0.435 e. The average Bonchev–Trinajstić information content (AvgIpc) is 2.73. The number of urea groups is 1. The molecule has 6 nitrogen and oxygen atoms in total. The van der Waals surface area contributed by atoms with Crippen molar-refractivity contribution >= 4 is 17.4 Å². The molecule has 2 aromatic rings. The van der Waals surface area contributed by atoms with Crippen molar-refractivity contribution in [3.05, 3.63) is 53.6 Å². The zero-order valence-corrected chi connectivity index (χ0v) is 17.3. The van der Waals surface area contributed by atoms with E-state index in [1.54, 1.807) is 12.1 Å². The third-order valence-electron chi connectivity index (χ3n) is 5.22. The van der Waals surface area contributed by atoms with Gasteiger partial charge in [0.1, 0.15) is 5.75 Å². The number of rotatable bonds is 7. The Morgan fingerprint density at radius 3 is 2.40 bits per heavy atom. The molecular weight excluding hydrogens is 390 g/mol. The Kier molecular flexibility index (Phi) is 7.46. The molecule has 2 aromatic carbocycles. The summed E-state index contributed by atoms with van der Waals surface area (Å²) in [6.45, 7) is 6.87. The number of nitrogens with one attached hydrogen (secondary N) is 2. The molecule has 1 heterocycles. The lowest BCUT2D eigenvalue weighted by Gasteiger charge is -2.36. The molecule has 8 heteroatoms. The quantitative estimate of drug-likeness (QED) is 0.712. The zero-order chi connectivity index (χ0) is 21.5. The van der Waals surface area contributed by atoms with Crippen molar-refractivity contribution in [2.75, 3.05) is 42.9 Å². The van der Waals surface area contributed by atoms with Crippen LogP contribution in [0.25, 0.3) is 0 Å². The fourth-order valence-corrected chi connectivity index (χ4v) is 3.54. The highest BCUT2D eigenvalue weighted by molar-refractivity contribution is 5.89. The standard InChI is InChI=1S/C22H28F2N4O2/c1-3-27-10-12-28(13-11-27)20-9-6-18(14-16(20)2)26-22(29)25-15-17-4-7-19(8-5-17)30-21(23)24/h4-9,14,21H,3,10-13,15H2,1-2H3,(H2,25,26,29). The maximum absolute atomic E-state index is 12.2. The van der Waals surface area contributed by atoms with Crippen LogP contribution in [0.5, 0.6) is 5.75 Å². The molecule has 0 bridgehead atoms. The first-order chi connectivity index (χ1) is 14.4. The molecule has 2 amide bonds. The van der Waals surface area contributed by atoms with Gasteiger partial charge in [-0.1, -0.05) is 19.1 Å². The fraction of sp³-hybridized carbons (Fsp3) is 0.409. The van der Waals surface area contributed by atoms with Crippen LogP contribution in [0, 0.1) is 6.92 Å². The van der Waals surface area contributed by atoms with E-state index >= 15 is 0 Å². The van der Waals surface area contributed by atoms with E-state index in [9.17, 15) is 13.6 Å². The summed E-state index contributed by atoms with van der Waals surface area (Å²) < 4.78 is 28.7. The Labute approximate surface area is 175 Å².